The lowest BCUT2D eigenvalue weighted by atomic mass is 10.1. The lowest BCUT2D eigenvalue weighted by molar-refractivity contribution is 0.173. The van der Waals surface area contributed by atoms with E-state index in [1.807, 2.05) is 6.26 Å². The maximum atomic E-state index is 5.64. The Morgan fingerprint density at radius 2 is 2.33 bits per heavy atom. The molecule has 3 atom stereocenters. The van der Waals surface area contributed by atoms with Gasteiger partial charge in [-0.05, 0) is 37.2 Å². The number of ether oxygens (including phenoxy) is 1. The van der Waals surface area contributed by atoms with Crippen LogP contribution in [0.25, 0.3) is 0 Å². The van der Waals surface area contributed by atoms with Gasteiger partial charge in [-0.1, -0.05) is 23.9 Å². The predicted molar refractivity (Wildman–Crippen MR) is 56.3 cm³/mol. The van der Waals surface area contributed by atoms with Gasteiger partial charge in [0, 0.05) is 5.92 Å². The first-order chi connectivity index (χ1) is 5.79. The van der Waals surface area contributed by atoms with Crippen LogP contribution >= 0.6 is 24.0 Å². The molecule has 0 aromatic rings. The second-order valence-electron chi connectivity index (χ2n) is 3.39. The van der Waals surface area contributed by atoms with E-state index in [4.69, 9.17) is 17.0 Å². The highest BCUT2D eigenvalue weighted by Crippen LogP contribution is 2.41. The van der Waals surface area contributed by atoms with Crippen molar-refractivity contribution in [1.82, 2.24) is 0 Å². The van der Waals surface area contributed by atoms with Crippen molar-refractivity contribution in [3.8, 4) is 0 Å². The van der Waals surface area contributed by atoms with Crippen LogP contribution in [-0.4, -0.2) is 16.7 Å². The second kappa shape index (κ2) is 3.38. The van der Waals surface area contributed by atoms with Gasteiger partial charge in [-0.2, -0.15) is 0 Å². The van der Waals surface area contributed by atoms with E-state index < -0.39 is 0 Å². The Hall–Kier alpha value is -0.0200. The van der Waals surface area contributed by atoms with Gasteiger partial charge >= 0.3 is 0 Å². The average Bonchev–Trinajstić information content (AvgIpc) is 2.64. The molecular weight excluding hydrogens is 188 g/mol. The normalized spacial score (nSPS) is 37.2. The molecule has 3 heteroatoms. The Kier molecular flexibility index (Phi) is 2.42. The van der Waals surface area contributed by atoms with E-state index in [-0.39, 0.29) is 0 Å². The zero-order valence-electron chi connectivity index (χ0n) is 7.03. The van der Waals surface area contributed by atoms with Gasteiger partial charge in [-0.25, -0.2) is 0 Å². The van der Waals surface area contributed by atoms with Crippen molar-refractivity contribution in [3.63, 3.8) is 0 Å². The van der Waals surface area contributed by atoms with Crippen LogP contribution in [0, 0.1) is 11.8 Å². The summed E-state index contributed by atoms with van der Waals surface area (Å²) in [5, 5.41) is 0. The molecule has 1 fully saturated rings. The molecule has 2 rings (SSSR count). The number of allylic oxidation sites excluding steroid dienone is 1. The van der Waals surface area contributed by atoms with E-state index in [9.17, 15) is 0 Å². The molecular formula is C9H12OS2. The zero-order chi connectivity index (χ0) is 8.55. The maximum absolute atomic E-state index is 5.64. The van der Waals surface area contributed by atoms with Crippen LogP contribution in [0.5, 0.6) is 0 Å². The van der Waals surface area contributed by atoms with Crippen molar-refractivity contribution in [2.45, 2.75) is 18.9 Å². The number of thioether (sulfide) groups is 1. The van der Waals surface area contributed by atoms with E-state index in [0.29, 0.717) is 16.4 Å². The molecule has 66 valence electrons. The van der Waals surface area contributed by atoms with Gasteiger partial charge in [0.15, 0.2) is 0 Å². The van der Waals surface area contributed by atoms with Crippen molar-refractivity contribution in [2.24, 2.45) is 11.8 Å². The van der Waals surface area contributed by atoms with Gasteiger partial charge in [0.05, 0.1) is 0 Å². The molecule has 1 nitrogen and oxygen atoms in total. The lowest BCUT2D eigenvalue weighted by Gasteiger charge is -2.19. The topological polar surface area (TPSA) is 9.23 Å². The molecule has 2 bridgehead atoms. The van der Waals surface area contributed by atoms with Crippen LogP contribution in [0.2, 0.25) is 0 Å². The van der Waals surface area contributed by atoms with Gasteiger partial charge in [0.25, 0.3) is 0 Å². The zero-order valence-corrected chi connectivity index (χ0v) is 8.66. The summed E-state index contributed by atoms with van der Waals surface area (Å²) in [7, 11) is 0. The summed E-state index contributed by atoms with van der Waals surface area (Å²) in [6, 6.07) is 0. The van der Waals surface area contributed by atoms with E-state index >= 15 is 0 Å². The summed E-state index contributed by atoms with van der Waals surface area (Å²) < 4.78 is 6.33. The van der Waals surface area contributed by atoms with Crippen LogP contribution in [0.4, 0.5) is 0 Å². The molecule has 0 heterocycles. The minimum atomic E-state index is 0.375. The highest BCUT2D eigenvalue weighted by atomic mass is 32.2. The monoisotopic (exact) mass is 200 g/mol. The van der Waals surface area contributed by atoms with Gasteiger partial charge in [-0.3, -0.25) is 0 Å². The average molecular weight is 200 g/mol. The third kappa shape index (κ3) is 1.52. The van der Waals surface area contributed by atoms with E-state index in [0.717, 1.165) is 5.92 Å². The van der Waals surface area contributed by atoms with E-state index in [1.165, 1.54) is 24.6 Å². The summed E-state index contributed by atoms with van der Waals surface area (Å²) in [5.41, 5.74) is 0. The van der Waals surface area contributed by atoms with E-state index in [2.05, 4.69) is 12.2 Å². The Labute approximate surface area is 82.6 Å². The van der Waals surface area contributed by atoms with Crippen molar-refractivity contribution >= 4 is 28.4 Å². The first-order valence-corrected chi connectivity index (χ1v) is 5.86. The summed E-state index contributed by atoms with van der Waals surface area (Å²) in [5.74, 6) is 1.41. The van der Waals surface area contributed by atoms with Crippen molar-refractivity contribution < 1.29 is 4.74 Å². The molecule has 2 aliphatic rings. The molecule has 1 saturated carbocycles. The van der Waals surface area contributed by atoms with Crippen molar-refractivity contribution in [3.05, 3.63) is 12.2 Å². The third-order valence-corrected chi connectivity index (χ3v) is 3.66. The smallest absolute Gasteiger partial charge is 0.219 e. The van der Waals surface area contributed by atoms with Gasteiger partial charge in [0.1, 0.15) is 6.10 Å². The number of hydrogen-bond acceptors (Lipinski definition) is 3. The quantitative estimate of drug-likeness (QED) is 0.475. The fourth-order valence-electron chi connectivity index (χ4n) is 2.04. The second-order valence-corrected chi connectivity index (χ2v) is 4.80. The molecule has 0 unspecified atom stereocenters. The molecule has 0 aliphatic heterocycles. The number of fused-ring (bicyclic) bond motifs is 2. The standard InChI is InChI=1S/C9H12OS2/c1-12-9(11)10-8-5-6-2-3-7(8)4-6/h2-3,6-8H,4-5H2,1H3/t6-,7-,8-/m0/s1. The summed E-state index contributed by atoms with van der Waals surface area (Å²) in [6.45, 7) is 0. The van der Waals surface area contributed by atoms with Crippen molar-refractivity contribution in [2.75, 3.05) is 6.26 Å². The Bertz CT molecular complexity index is 225. The molecule has 0 aromatic carbocycles. The minimum absolute atomic E-state index is 0.375. The van der Waals surface area contributed by atoms with Gasteiger partial charge < -0.3 is 4.74 Å². The molecule has 0 N–H and O–H groups in total. The fourth-order valence-corrected chi connectivity index (χ4v) is 2.38. The Morgan fingerprint density at radius 1 is 1.50 bits per heavy atom. The number of hydrogen-bond donors (Lipinski definition) is 0. The first kappa shape index (κ1) is 8.57. The highest BCUT2D eigenvalue weighted by Gasteiger charge is 2.37. The molecule has 0 saturated heterocycles. The Morgan fingerprint density at radius 3 is 2.83 bits per heavy atom. The predicted octanol–water partition coefficient (Wildman–Crippen LogP) is 2.62. The fraction of sp³-hybridized carbons (Fsp3) is 0.667. The molecule has 2 aliphatic carbocycles. The molecule has 0 amide bonds. The summed E-state index contributed by atoms with van der Waals surface area (Å²) in [6.07, 6.45) is 9.38. The van der Waals surface area contributed by atoms with E-state index in [1.54, 1.807) is 0 Å². The van der Waals surface area contributed by atoms with Crippen LogP contribution in [0.15, 0.2) is 12.2 Å². The maximum Gasteiger partial charge on any atom is 0.219 e. The van der Waals surface area contributed by atoms with Gasteiger partial charge in [0.2, 0.25) is 4.38 Å². The minimum Gasteiger partial charge on any atom is -0.475 e. The highest BCUT2D eigenvalue weighted by molar-refractivity contribution is 8.22. The third-order valence-electron chi connectivity index (χ3n) is 2.63. The first-order valence-electron chi connectivity index (χ1n) is 4.22. The Balaban J connectivity index is 1.91. The lowest BCUT2D eigenvalue weighted by Crippen LogP contribution is -2.19. The van der Waals surface area contributed by atoms with Crippen LogP contribution in [0.1, 0.15) is 12.8 Å². The van der Waals surface area contributed by atoms with Crippen LogP contribution < -0.4 is 0 Å². The SMILES string of the molecule is CSC(=S)O[C@H]1C[C@H]2C=C[C@H]1C2. The van der Waals surface area contributed by atoms with Crippen molar-refractivity contribution in [1.29, 1.82) is 0 Å². The summed E-state index contributed by atoms with van der Waals surface area (Å²) >= 11 is 6.55. The largest absolute Gasteiger partial charge is 0.475 e. The number of thiocarbonyl (C=S) groups is 1. The van der Waals surface area contributed by atoms with Crippen LogP contribution in [0.3, 0.4) is 0 Å². The number of rotatable bonds is 1. The molecule has 0 spiro atoms. The summed E-state index contributed by atoms with van der Waals surface area (Å²) in [4.78, 5) is 0. The molecule has 12 heavy (non-hydrogen) atoms. The van der Waals surface area contributed by atoms with Crippen LogP contribution in [-0.2, 0) is 4.74 Å². The van der Waals surface area contributed by atoms with Gasteiger partial charge in [-0.15, -0.1) is 0 Å². The molecule has 0 aromatic heterocycles. The molecule has 0 radical (unpaired) electrons.